The van der Waals surface area contributed by atoms with E-state index < -0.39 is 0 Å². The Kier molecular flexibility index (Phi) is 55.2. The van der Waals surface area contributed by atoms with Crippen LogP contribution < -0.4 is 0 Å². The van der Waals surface area contributed by atoms with Gasteiger partial charge in [-0.25, -0.2) is 11.2 Å². The molecule has 671 valence electrons. The second-order valence-corrected chi connectivity index (χ2v) is 32.8. The van der Waals surface area contributed by atoms with Gasteiger partial charge in [-0.3, -0.25) is 24.0 Å². The average molecular weight is 2540 g/mol. The van der Waals surface area contributed by atoms with Crippen molar-refractivity contribution in [2.75, 3.05) is 39.3 Å². The predicted octanol–water partition coefficient (Wildman–Crippen LogP) is 19.4. The van der Waals surface area contributed by atoms with Crippen molar-refractivity contribution < 1.29 is 155 Å². The molecule has 2 aliphatic carbocycles. The van der Waals surface area contributed by atoms with Gasteiger partial charge in [0.25, 0.3) is 0 Å². The summed E-state index contributed by atoms with van der Waals surface area (Å²) < 4.78 is 11.4. The third-order valence-corrected chi connectivity index (χ3v) is 19.6. The zero-order valence-electron chi connectivity index (χ0n) is 74.6. The summed E-state index contributed by atoms with van der Waals surface area (Å²) in [6.45, 7) is 38.9. The van der Waals surface area contributed by atoms with Crippen LogP contribution in [0, 0.1) is 52.0 Å². The van der Waals surface area contributed by atoms with E-state index in [-0.39, 0.29) is 180 Å². The van der Waals surface area contributed by atoms with Crippen molar-refractivity contribution in [1.29, 1.82) is 0 Å². The first-order valence-electron chi connectivity index (χ1n) is 40.4. The van der Waals surface area contributed by atoms with Crippen LogP contribution in [0.4, 0.5) is 0 Å². The Hall–Kier alpha value is -6.86. The molecule has 0 bridgehead atoms. The number of aryl methyl sites for hydroxylation is 6. The van der Waals surface area contributed by atoms with Gasteiger partial charge in [0.15, 0.2) is 0 Å². The number of aromatic nitrogens is 4. The average Bonchev–Trinajstić information content (AvgIpc) is 1.42. The van der Waals surface area contributed by atoms with Crippen LogP contribution in [0.2, 0.25) is 0 Å². The summed E-state index contributed by atoms with van der Waals surface area (Å²) in [5.74, 6) is 1.98. The number of aliphatic hydroxyl groups excluding tert-OH is 5. The molecule has 5 radical (unpaired) electrons. The number of aliphatic hydroxyl groups is 5. The molecule has 7 aliphatic rings. The van der Waals surface area contributed by atoms with E-state index in [4.69, 9.17) is 69.2 Å². The minimum absolute atomic E-state index is 0. The van der Waals surface area contributed by atoms with E-state index in [1.54, 1.807) is 17.3 Å². The van der Waals surface area contributed by atoms with Gasteiger partial charge in [-0.2, -0.15) is 12.1 Å². The summed E-state index contributed by atoms with van der Waals surface area (Å²) in [7, 11) is 6.02. The van der Waals surface area contributed by atoms with Gasteiger partial charge in [0, 0.05) is 147 Å². The van der Waals surface area contributed by atoms with Crippen LogP contribution in [-0.4, -0.2) is 165 Å². The molecule has 8 heterocycles. The number of para-hydroxylation sites is 1. The second-order valence-electron chi connectivity index (χ2n) is 32.8. The third kappa shape index (κ3) is 41.1. The van der Waals surface area contributed by atoms with Crippen molar-refractivity contribution in [2.45, 2.75) is 234 Å². The van der Waals surface area contributed by atoms with Crippen molar-refractivity contribution in [2.24, 2.45) is 67.8 Å². The first kappa shape index (κ1) is 115. The molecule has 120 heavy (non-hydrogen) atoms. The number of rotatable bonds is 10. The van der Waals surface area contributed by atoms with E-state index in [0.717, 1.165) is 74.4 Å². The SMILES string of the molecule is CC(=[OH+])C=C(C)O.CC(=[OH+])C=C(C)O.CC(=[OH+])C=C(C)O.CC(=[OH+])C=C(C)O.CC(=[OH+])C=C(C)O.CC1(C)CCCN=C1c1[c-]cc2c(c1)CCCC2.CC1(C)CCCN=C1c1[c-]ccc2c1CCCC2.Cn1c(C2=NCCCC2(C)C)[c-]c2ccccc21.Cn1cc[c-]c1C1=NCCCO1.Cn1nc[c-]c1C1=NCCCC1(C)C.[Ir].[Ir].[Ir].[Ir].[Ir]. The van der Waals surface area contributed by atoms with Crippen molar-refractivity contribution in [3.8, 4) is 0 Å². The number of nitrogens with zero attached hydrogens (tertiary/aromatic N) is 9. The molecule has 13 rings (SSSR count). The Morgan fingerprint density at radius 3 is 1.23 bits per heavy atom. The predicted molar refractivity (Wildman–Crippen MR) is 477 cm³/mol. The van der Waals surface area contributed by atoms with Gasteiger partial charge < -0.3 is 69.0 Å². The fourth-order valence-electron chi connectivity index (χ4n) is 14.3. The molecule has 0 fully saturated rings. The molecule has 25 heteroatoms. The Morgan fingerprint density at radius 1 is 0.433 bits per heavy atom. The Morgan fingerprint density at radius 2 is 0.842 bits per heavy atom. The topological polar surface area (TPSA) is 307 Å². The van der Waals surface area contributed by atoms with E-state index in [9.17, 15) is 0 Å². The zero-order chi connectivity index (χ0) is 85.8. The van der Waals surface area contributed by atoms with E-state index in [1.807, 2.05) is 35.6 Å². The number of aliphatic imine (C=N–C) groups is 5. The van der Waals surface area contributed by atoms with Gasteiger partial charge in [0.1, 0.15) is 5.90 Å². The molecule has 3 aromatic heterocycles. The minimum atomic E-state index is 0. The molecule has 0 atom stereocenters. The van der Waals surface area contributed by atoms with Crippen molar-refractivity contribution in [3.05, 3.63) is 207 Å². The van der Waals surface area contributed by atoms with E-state index in [0.29, 0.717) is 0 Å². The van der Waals surface area contributed by atoms with Crippen LogP contribution in [0.5, 0.6) is 0 Å². The number of benzene rings is 3. The minimum Gasteiger partial charge on any atom is -0.532 e. The molecule has 0 unspecified atom stereocenters. The first-order chi connectivity index (χ1) is 54.1. The molecule has 3 aromatic carbocycles. The number of hydrogen-bond donors (Lipinski definition) is 5. The summed E-state index contributed by atoms with van der Waals surface area (Å²) in [6, 6.07) is 36.0. The summed E-state index contributed by atoms with van der Waals surface area (Å²) in [5, 5.41) is 47.3. The van der Waals surface area contributed by atoms with E-state index >= 15 is 0 Å². The van der Waals surface area contributed by atoms with Gasteiger partial charge in [-0.1, -0.05) is 135 Å². The maximum Gasteiger partial charge on any atom is 0.316 e. The van der Waals surface area contributed by atoms with Gasteiger partial charge >= 0.3 is 28.9 Å². The number of allylic oxidation sites excluding steroid dienone is 10. The zero-order valence-corrected chi connectivity index (χ0v) is 86.5. The fourth-order valence-corrected chi connectivity index (χ4v) is 14.3. The number of ether oxygens (including phenoxy) is 1. The van der Waals surface area contributed by atoms with Crippen LogP contribution in [0.15, 0.2) is 151 Å². The fraction of sp³-hybridized carbons (Fsp3) is 0.505. The number of ketones is 5. The van der Waals surface area contributed by atoms with Crippen LogP contribution in [0.25, 0.3) is 10.9 Å². The normalized spacial score (nSPS) is 16.9. The molecular formula is C95H135Ir5N9O11. The molecule has 0 saturated carbocycles. The third-order valence-electron chi connectivity index (χ3n) is 19.6. The number of carbonyl (C=O) groups excluding carboxylic acids is 5. The first-order valence-corrected chi connectivity index (χ1v) is 40.4. The van der Waals surface area contributed by atoms with Gasteiger partial charge in [-0.05, 0) is 162 Å². The van der Waals surface area contributed by atoms with E-state index in [1.165, 1.54) is 253 Å². The molecular weight excluding hydrogens is 2400 g/mol. The molecule has 0 spiro atoms. The molecule has 0 amide bonds. The Bertz CT molecular complexity index is 4390. The Balaban J connectivity index is 0. The maximum absolute atomic E-state index is 8.40. The van der Waals surface area contributed by atoms with Crippen LogP contribution in [0.3, 0.4) is 0 Å². The van der Waals surface area contributed by atoms with Crippen molar-refractivity contribution in [3.63, 3.8) is 0 Å². The standard InChI is InChI=1S/2C17H22N.C16H19N2.C11H16N3.C9H11N2O.5C5H8O2.5Ir/c1-17(2)11-6-12-18-16(17)15-10-5-8-13-7-3-4-9-14(13)15;1-17(2)10-5-11-18-16(17)15-9-8-13-6-3-4-7-14(13)12-15;1-16(2)9-6-10-17-15(16)14-11-12-7-4-5-8-13(12)18(14)3;1-11(2)6-4-7-12-10(11)9-5-8-13-14(9)3;1-11-6-2-4-8(11)9-10-5-3-7-12-9;5*1-4(6)3-5(2)7;;;;;/h5,8H,3-4,6-7,9,11-12H2,1-2H3;8,12H,3-7,10-11H2,1-2H3;4-5,7-8H,6,9-10H2,1-3H3;8H,4,6-7H2,1-3H3;2,6H,3,5,7H2,1H3;5*3,6H,1-2H3;;;;;/q5*-1;;;;;;;;;;/p+5. The van der Waals surface area contributed by atoms with E-state index in [2.05, 4.69) is 161 Å². The molecule has 5 aliphatic heterocycles. The molecule has 10 N–H and O–H groups in total. The van der Waals surface area contributed by atoms with Gasteiger partial charge in [-0.15, -0.1) is 93.4 Å². The summed E-state index contributed by atoms with van der Waals surface area (Å²) >= 11 is 0. The number of fused-ring (bicyclic) bond motifs is 3. The quantitative estimate of drug-likeness (QED) is 0.0382. The van der Waals surface area contributed by atoms with Crippen molar-refractivity contribution in [1.82, 2.24) is 18.9 Å². The van der Waals surface area contributed by atoms with Crippen LogP contribution in [-0.2, 0) is 152 Å². The van der Waals surface area contributed by atoms with Crippen molar-refractivity contribution >= 4 is 68.6 Å². The molecule has 0 saturated heterocycles. The summed E-state index contributed by atoms with van der Waals surface area (Å²) in [6.07, 6.45) is 31.1. The maximum atomic E-state index is 8.40. The largest absolute Gasteiger partial charge is 0.532 e. The van der Waals surface area contributed by atoms with Gasteiger partial charge in [0.05, 0.1) is 100 Å². The van der Waals surface area contributed by atoms with Crippen LogP contribution in [0.1, 0.15) is 259 Å². The number of hydrogen-bond acceptors (Lipinski definition) is 12. The molecule has 6 aromatic rings. The van der Waals surface area contributed by atoms with Crippen LogP contribution >= 0.6 is 0 Å². The monoisotopic (exact) mass is 2540 g/mol. The smallest absolute Gasteiger partial charge is 0.316 e. The Labute approximate surface area is 783 Å². The second kappa shape index (κ2) is 57.5. The van der Waals surface area contributed by atoms with Gasteiger partial charge in [0.2, 0.25) is 0 Å². The summed E-state index contributed by atoms with van der Waals surface area (Å²) in [4.78, 5) is 65.3. The summed E-state index contributed by atoms with van der Waals surface area (Å²) in [5.41, 5.74) is 18.8. The molecule has 20 nitrogen and oxygen atoms in total.